The van der Waals surface area contributed by atoms with E-state index in [1.807, 2.05) is 0 Å². The van der Waals surface area contributed by atoms with E-state index < -0.39 is 0 Å². The third-order valence-electron chi connectivity index (χ3n) is 10.3. The minimum absolute atomic E-state index is 0.0305. The van der Waals surface area contributed by atoms with Crippen molar-refractivity contribution < 1.29 is 4.74 Å². The van der Waals surface area contributed by atoms with Gasteiger partial charge in [0.15, 0.2) is 11.6 Å². The molecule has 7 nitrogen and oxygen atoms in total. The van der Waals surface area contributed by atoms with Crippen LogP contribution in [0.3, 0.4) is 0 Å². The van der Waals surface area contributed by atoms with E-state index in [1.54, 1.807) is 0 Å². The molecule has 0 radical (unpaired) electrons. The van der Waals surface area contributed by atoms with Gasteiger partial charge in [-0.1, -0.05) is 69.2 Å². The van der Waals surface area contributed by atoms with Gasteiger partial charge in [-0.25, -0.2) is 15.0 Å². The summed E-state index contributed by atoms with van der Waals surface area (Å²) in [6, 6.07) is 11.4. The van der Waals surface area contributed by atoms with Crippen LogP contribution in [-0.2, 0) is 0 Å². The van der Waals surface area contributed by atoms with Crippen molar-refractivity contribution >= 4 is 23.4 Å². The molecule has 1 unspecified atom stereocenters. The molecule has 0 spiro atoms. The maximum Gasteiger partial charge on any atom is 0.157 e. The number of anilines is 3. The number of fused-ring (bicyclic) bond motifs is 1. The fourth-order valence-electron chi connectivity index (χ4n) is 7.97. The Morgan fingerprint density at radius 3 is 1.84 bits per heavy atom. The average Bonchev–Trinajstić information content (AvgIpc) is 3.37. The van der Waals surface area contributed by atoms with E-state index >= 15 is 0 Å². The summed E-state index contributed by atoms with van der Waals surface area (Å²) < 4.78 is 9.13. The van der Waals surface area contributed by atoms with Crippen LogP contribution in [0.25, 0.3) is 11.8 Å². The molecule has 7 heteroatoms. The van der Waals surface area contributed by atoms with Gasteiger partial charge in [-0.15, -0.1) is 5.12 Å². The Labute approximate surface area is 301 Å². The highest BCUT2D eigenvalue weighted by Crippen LogP contribution is 2.44. The van der Waals surface area contributed by atoms with Crippen LogP contribution in [0.1, 0.15) is 116 Å². The van der Waals surface area contributed by atoms with E-state index in [9.17, 15) is 0 Å². The van der Waals surface area contributed by atoms with Crippen molar-refractivity contribution in [3.05, 3.63) is 92.6 Å². The van der Waals surface area contributed by atoms with E-state index in [0.717, 1.165) is 71.5 Å². The van der Waals surface area contributed by atoms with Crippen LogP contribution in [0.5, 0.6) is 5.75 Å². The van der Waals surface area contributed by atoms with Gasteiger partial charge in [-0.2, -0.15) is 0 Å². The lowest BCUT2D eigenvalue weighted by atomic mass is 10.0. The van der Waals surface area contributed by atoms with Crippen LogP contribution in [0.2, 0.25) is 0 Å². The van der Waals surface area contributed by atoms with Crippen LogP contribution in [-0.4, -0.2) is 37.8 Å². The Kier molecular flexibility index (Phi) is 11.2. The molecule has 1 atom stereocenters. The Morgan fingerprint density at radius 1 is 0.740 bits per heavy atom. The lowest BCUT2D eigenvalue weighted by Crippen LogP contribution is -2.61. The zero-order valence-corrected chi connectivity index (χ0v) is 33.2. The van der Waals surface area contributed by atoms with Gasteiger partial charge in [0, 0.05) is 17.3 Å². The smallest absolute Gasteiger partial charge is 0.157 e. The molecule has 1 aliphatic heterocycles. The highest BCUT2D eigenvalue weighted by atomic mass is 16.5. The van der Waals surface area contributed by atoms with Crippen molar-refractivity contribution in [1.82, 2.24) is 19.7 Å². The number of hydrazine groups is 2. The minimum Gasteiger partial charge on any atom is -0.490 e. The van der Waals surface area contributed by atoms with Crippen LogP contribution >= 0.6 is 0 Å². The van der Waals surface area contributed by atoms with Crippen LogP contribution in [0.4, 0.5) is 17.3 Å². The summed E-state index contributed by atoms with van der Waals surface area (Å²) in [6.45, 7) is 31.0. The van der Waals surface area contributed by atoms with Crippen molar-refractivity contribution in [3.63, 3.8) is 0 Å². The third-order valence-corrected chi connectivity index (χ3v) is 10.3. The molecule has 0 bridgehead atoms. The molecule has 1 aliphatic rings. The summed E-state index contributed by atoms with van der Waals surface area (Å²) >= 11 is 0. The molecule has 0 saturated heterocycles. The van der Waals surface area contributed by atoms with Gasteiger partial charge in [0.25, 0.3) is 0 Å². The van der Waals surface area contributed by atoms with Crippen LogP contribution in [0, 0.1) is 62.3 Å². The normalized spacial score (nSPS) is 14.3. The number of rotatable bonds is 12. The number of nitrogens with zero attached hydrogens (tertiary/aromatic N) is 6. The first kappa shape index (κ1) is 37.2. The third kappa shape index (κ3) is 6.81. The van der Waals surface area contributed by atoms with Crippen molar-refractivity contribution in [1.29, 1.82) is 0 Å². The first-order chi connectivity index (χ1) is 23.8. The van der Waals surface area contributed by atoms with Crippen LogP contribution < -0.4 is 14.8 Å². The molecule has 268 valence electrons. The molecular formula is C43H60N6O. The number of benzene rings is 2. The summed E-state index contributed by atoms with van der Waals surface area (Å²) in [6.07, 6.45) is 8.42. The van der Waals surface area contributed by atoms with Crippen molar-refractivity contribution in [2.45, 2.75) is 141 Å². The Morgan fingerprint density at radius 2 is 1.30 bits per heavy atom. The predicted octanol–water partition coefficient (Wildman–Crippen LogP) is 11.0. The van der Waals surface area contributed by atoms with Crippen molar-refractivity contribution in [3.8, 4) is 11.4 Å². The Bertz CT molecular complexity index is 1830. The topological polar surface area (TPSA) is 49.7 Å². The van der Waals surface area contributed by atoms with E-state index in [-0.39, 0.29) is 18.2 Å². The molecule has 2 aromatic heterocycles. The van der Waals surface area contributed by atoms with Gasteiger partial charge in [-0.3, -0.25) is 9.58 Å². The standard InChI is InChI=1S/C43H60N6O/c1-15-36(16-2)49(47-33(12)19-20-38-43(47)46(35(14)45-38)40-28(7)21-26(5)22-29(40)8)48(41-30(9)23-27(6)24-31(41)10)42-34(13)39(25-32(11)44-42)50-37(17-3)18-4/h19-25,33,36-37H,15-18H2,1-14H3. The summed E-state index contributed by atoms with van der Waals surface area (Å²) in [5.74, 6) is 3.84. The predicted molar refractivity (Wildman–Crippen MR) is 211 cm³/mol. The first-order valence-electron chi connectivity index (χ1n) is 18.7. The summed E-state index contributed by atoms with van der Waals surface area (Å²) in [5.41, 5.74) is 12.7. The zero-order chi connectivity index (χ0) is 36.6. The van der Waals surface area contributed by atoms with E-state index in [0.29, 0.717) is 0 Å². The maximum absolute atomic E-state index is 6.74. The summed E-state index contributed by atoms with van der Waals surface area (Å²) in [7, 11) is 0. The fraction of sp³-hybridized carbons (Fsp3) is 0.488. The van der Waals surface area contributed by atoms with Crippen molar-refractivity contribution in [2.24, 2.45) is 0 Å². The van der Waals surface area contributed by atoms with Crippen LogP contribution in [0.15, 0.2) is 36.4 Å². The molecule has 0 saturated carbocycles. The highest BCUT2D eigenvalue weighted by Gasteiger charge is 2.40. The number of aromatic nitrogens is 3. The molecule has 0 aliphatic carbocycles. The summed E-state index contributed by atoms with van der Waals surface area (Å²) in [5, 5.41) is 7.43. The van der Waals surface area contributed by atoms with Gasteiger partial charge in [0.1, 0.15) is 17.3 Å². The molecule has 4 aromatic rings. The molecule has 3 heterocycles. The molecule has 2 aromatic carbocycles. The highest BCUT2D eigenvalue weighted by molar-refractivity contribution is 5.74. The second kappa shape index (κ2) is 15.0. The number of pyridine rings is 1. The molecule has 50 heavy (non-hydrogen) atoms. The fourth-order valence-corrected chi connectivity index (χ4v) is 7.97. The monoisotopic (exact) mass is 676 g/mol. The van der Waals surface area contributed by atoms with Gasteiger partial charge in [0.2, 0.25) is 0 Å². The Hall–Kier alpha value is -4.10. The Balaban J connectivity index is 1.89. The molecule has 0 N–H and O–H groups in total. The summed E-state index contributed by atoms with van der Waals surface area (Å²) in [4.78, 5) is 10.6. The van der Waals surface area contributed by atoms with E-state index in [1.165, 1.54) is 39.1 Å². The second-order valence-corrected chi connectivity index (χ2v) is 14.5. The lowest BCUT2D eigenvalue weighted by molar-refractivity contribution is 0.154. The quantitative estimate of drug-likeness (QED) is 0.139. The van der Waals surface area contributed by atoms with E-state index in [2.05, 4.69) is 159 Å². The maximum atomic E-state index is 6.74. The number of hydrogen-bond acceptors (Lipinski definition) is 6. The average molecular weight is 677 g/mol. The SMILES string of the molecule is CCC(CC)Oc1cc(C)nc(N(c2c(C)cc(C)cc2C)N(C(CC)CC)N2c3c(nc(C)n3-c3c(C)cc(C)cc3C)C=CC2C)c1C. The number of hydrogen-bond donors (Lipinski definition) is 0. The minimum atomic E-state index is 0.0305. The molecular weight excluding hydrogens is 617 g/mol. The van der Waals surface area contributed by atoms with E-state index in [4.69, 9.17) is 14.7 Å². The van der Waals surface area contributed by atoms with Gasteiger partial charge >= 0.3 is 0 Å². The van der Waals surface area contributed by atoms with Crippen molar-refractivity contribution in [2.75, 3.05) is 10.0 Å². The molecule has 5 rings (SSSR count). The lowest BCUT2D eigenvalue weighted by Gasteiger charge is -2.51. The second-order valence-electron chi connectivity index (χ2n) is 14.5. The van der Waals surface area contributed by atoms with Gasteiger partial charge < -0.3 is 4.74 Å². The largest absolute Gasteiger partial charge is 0.490 e. The first-order valence-corrected chi connectivity index (χ1v) is 18.7. The number of aryl methyl sites for hydroxylation is 8. The zero-order valence-electron chi connectivity index (χ0n) is 33.2. The number of imidazole rings is 1. The van der Waals surface area contributed by atoms with Gasteiger partial charge in [-0.05, 0) is 123 Å². The molecule has 0 fully saturated rings. The number of ether oxygens (including phenoxy) is 1. The molecule has 0 amide bonds. The van der Waals surface area contributed by atoms with Gasteiger partial charge in [0.05, 0.1) is 29.6 Å².